The number of hydrogen-bond acceptors (Lipinski definition) is 7. The van der Waals surface area contributed by atoms with Crippen LogP contribution in [0.5, 0.6) is 11.6 Å². The molecule has 4 aromatic rings. The van der Waals surface area contributed by atoms with Gasteiger partial charge in [0, 0.05) is 10.8 Å². The quantitative estimate of drug-likeness (QED) is 0.384. The summed E-state index contributed by atoms with van der Waals surface area (Å²) in [6.07, 6.45) is 0. The molecule has 0 saturated carbocycles. The Kier molecular flexibility index (Phi) is 4.68. The summed E-state index contributed by atoms with van der Waals surface area (Å²) < 4.78 is 1.41. The molecule has 2 amide bonds. The van der Waals surface area contributed by atoms with E-state index < -0.39 is 5.91 Å². The Balaban J connectivity index is 1.61. The molecule has 0 spiro atoms. The van der Waals surface area contributed by atoms with Crippen molar-refractivity contribution < 1.29 is 19.8 Å². The van der Waals surface area contributed by atoms with E-state index in [4.69, 9.17) is 0 Å². The van der Waals surface area contributed by atoms with Crippen molar-refractivity contribution >= 4 is 40.1 Å². The number of anilines is 1. The number of hydrogen-bond donors (Lipinski definition) is 3. The van der Waals surface area contributed by atoms with Crippen molar-refractivity contribution in [1.29, 1.82) is 0 Å². The van der Waals surface area contributed by atoms with Crippen LogP contribution in [0.3, 0.4) is 0 Å². The lowest BCUT2D eigenvalue weighted by Crippen LogP contribution is -2.22. The first kappa shape index (κ1) is 20.8. The molecule has 10 heteroatoms. The highest BCUT2D eigenvalue weighted by molar-refractivity contribution is 7.11. The molecule has 0 bridgehead atoms. The van der Waals surface area contributed by atoms with Crippen LogP contribution >= 0.6 is 11.3 Å². The first-order valence-corrected chi connectivity index (χ1v) is 11.3. The highest BCUT2D eigenvalue weighted by Crippen LogP contribution is 2.31. The fourth-order valence-electron chi connectivity index (χ4n) is 4.01. The summed E-state index contributed by atoms with van der Waals surface area (Å²) in [7, 11) is 0. The lowest BCUT2D eigenvalue weighted by atomic mass is 10.1. The van der Waals surface area contributed by atoms with Gasteiger partial charge in [-0.2, -0.15) is 0 Å². The molecule has 35 heavy (non-hydrogen) atoms. The number of carbonyl (C=O) groups excluding carboxylic acids is 2. The largest absolute Gasteiger partial charge is 0.508 e. The zero-order valence-electron chi connectivity index (χ0n) is 17.8. The van der Waals surface area contributed by atoms with Gasteiger partial charge in [-0.05, 0) is 36.4 Å². The Hall–Kier alpha value is -4.83. The predicted molar refractivity (Wildman–Crippen MR) is 129 cm³/mol. The van der Waals surface area contributed by atoms with Gasteiger partial charge in [0.2, 0.25) is 10.7 Å². The summed E-state index contributed by atoms with van der Waals surface area (Å²) in [5.74, 6) is -1.04. The molecule has 9 nitrogen and oxygen atoms in total. The SMILES string of the molecule is O=C1N=c2ccccc2=C1c1sc(=NN=C2C(=O)Nc3ccccc32)n(-c2ccc(O)cc2)c1O. The number of phenolic OH excluding ortho intramolecular Hbond substituents is 1. The maximum Gasteiger partial charge on any atom is 0.279 e. The summed E-state index contributed by atoms with van der Waals surface area (Å²) >= 11 is 1.04. The van der Waals surface area contributed by atoms with Crippen LogP contribution in [-0.2, 0) is 9.59 Å². The van der Waals surface area contributed by atoms with Crippen molar-refractivity contribution in [3.63, 3.8) is 0 Å². The average Bonchev–Trinajstić information content (AvgIpc) is 3.47. The van der Waals surface area contributed by atoms with Crippen LogP contribution in [0.25, 0.3) is 11.3 Å². The smallest absolute Gasteiger partial charge is 0.279 e. The number of amides is 2. The van der Waals surface area contributed by atoms with E-state index in [0.29, 0.717) is 27.5 Å². The van der Waals surface area contributed by atoms with Crippen LogP contribution in [0.1, 0.15) is 10.4 Å². The van der Waals surface area contributed by atoms with Crippen molar-refractivity contribution in [2.45, 2.75) is 0 Å². The number of nitrogens with zero attached hydrogens (tertiary/aromatic N) is 4. The van der Waals surface area contributed by atoms with E-state index in [0.717, 1.165) is 11.3 Å². The number of carbonyl (C=O) groups is 2. The molecule has 0 aliphatic carbocycles. The number of para-hydroxylation sites is 2. The number of rotatable bonds is 3. The number of aromatic hydroxyl groups is 2. The van der Waals surface area contributed by atoms with Crippen molar-refractivity contribution in [3.05, 3.63) is 98.6 Å². The lowest BCUT2D eigenvalue weighted by molar-refractivity contribution is -0.112. The number of fused-ring (bicyclic) bond motifs is 2. The fourth-order valence-corrected chi connectivity index (χ4v) is 5.04. The number of benzene rings is 3. The zero-order valence-corrected chi connectivity index (χ0v) is 18.7. The van der Waals surface area contributed by atoms with E-state index in [2.05, 4.69) is 20.5 Å². The minimum absolute atomic E-state index is 0.0512. The van der Waals surface area contributed by atoms with E-state index in [1.165, 1.54) is 16.7 Å². The number of aromatic nitrogens is 1. The number of nitrogens with one attached hydrogen (secondary N) is 1. The van der Waals surface area contributed by atoms with Gasteiger partial charge in [0.15, 0.2) is 5.71 Å². The van der Waals surface area contributed by atoms with E-state index in [1.54, 1.807) is 60.7 Å². The van der Waals surface area contributed by atoms with E-state index >= 15 is 0 Å². The van der Waals surface area contributed by atoms with E-state index in [9.17, 15) is 19.8 Å². The molecule has 3 aromatic carbocycles. The molecule has 1 aromatic heterocycles. The average molecular weight is 481 g/mol. The van der Waals surface area contributed by atoms with Crippen LogP contribution in [0, 0.1) is 0 Å². The molecule has 2 aliphatic heterocycles. The van der Waals surface area contributed by atoms with Gasteiger partial charge in [0.25, 0.3) is 11.8 Å². The molecule has 2 aliphatic rings. The monoisotopic (exact) mass is 481 g/mol. The predicted octanol–water partition coefficient (Wildman–Crippen LogP) is 1.57. The molecule has 0 unspecified atom stereocenters. The van der Waals surface area contributed by atoms with Crippen LogP contribution in [0.4, 0.5) is 5.69 Å². The van der Waals surface area contributed by atoms with Gasteiger partial charge in [-0.25, -0.2) is 4.99 Å². The molecular weight excluding hydrogens is 466 g/mol. The van der Waals surface area contributed by atoms with Gasteiger partial charge >= 0.3 is 0 Å². The van der Waals surface area contributed by atoms with E-state index in [-0.39, 0.29) is 38.5 Å². The summed E-state index contributed by atoms with van der Waals surface area (Å²) in [4.78, 5) is 29.8. The normalized spacial score (nSPS) is 15.8. The molecule has 0 atom stereocenters. The van der Waals surface area contributed by atoms with Gasteiger partial charge in [0.05, 0.1) is 22.3 Å². The summed E-state index contributed by atoms with van der Waals surface area (Å²) in [5, 5.41) is 33.3. The zero-order chi connectivity index (χ0) is 24.1. The molecule has 0 fully saturated rings. The third-order valence-corrected chi connectivity index (χ3v) is 6.66. The Morgan fingerprint density at radius 3 is 2.46 bits per heavy atom. The minimum atomic E-state index is -0.470. The Morgan fingerprint density at radius 2 is 1.63 bits per heavy atom. The van der Waals surface area contributed by atoms with Gasteiger partial charge in [-0.1, -0.05) is 47.7 Å². The minimum Gasteiger partial charge on any atom is -0.508 e. The summed E-state index contributed by atoms with van der Waals surface area (Å²) in [6, 6.07) is 20.3. The van der Waals surface area contributed by atoms with Gasteiger partial charge in [0.1, 0.15) is 10.6 Å². The molecule has 170 valence electrons. The highest BCUT2D eigenvalue weighted by atomic mass is 32.1. The Bertz CT molecular complexity index is 1780. The number of thiazole rings is 1. The molecule has 3 N–H and O–H groups in total. The standard InChI is InChI=1S/C25H15N5O4S/c31-14-11-9-13(10-12-14)30-24(34)21(19-15-5-1-3-7-17(15)26-22(19)32)35-25(30)29-28-20-16-6-2-4-8-18(16)27-23(20)33/h1-12,31,34H,(H,27,28,33). The van der Waals surface area contributed by atoms with E-state index in [1.807, 2.05) is 0 Å². The number of phenols is 1. The first-order valence-electron chi connectivity index (χ1n) is 10.5. The van der Waals surface area contributed by atoms with Crippen LogP contribution in [-0.4, -0.2) is 32.3 Å². The lowest BCUT2D eigenvalue weighted by Gasteiger charge is -2.05. The summed E-state index contributed by atoms with van der Waals surface area (Å²) in [5.41, 5.74) is 2.13. The van der Waals surface area contributed by atoms with Crippen molar-refractivity contribution in [2.24, 2.45) is 15.2 Å². The van der Waals surface area contributed by atoms with Crippen LogP contribution in [0.2, 0.25) is 0 Å². The Labute approximate surface area is 201 Å². The Morgan fingerprint density at radius 1 is 0.886 bits per heavy atom. The third-order valence-electron chi connectivity index (χ3n) is 5.62. The second-order valence-corrected chi connectivity index (χ2v) is 8.72. The fraction of sp³-hybridized carbons (Fsp3) is 0. The topological polar surface area (TPSA) is 129 Å². The first-order chi connectivity index (χ1) is 17.0. The third kappa shape index (κ3) is 3.35. The van der Waals surface area contributed by atoms with Crippen molar-refractivity contribution in [2.75, 3.05) is 5.32 Å². The molecule has 0 radical (unpaired) electrons. The summed E-state index contributed by atoms with van der Waals surface area (Å²) in [6.45, 7) is 0. The van der Waals surface area contributed by atoms with Crippen molar-refractivity contribution in [1.82, 2.24) is 4.57 Å². The van der Waals surface area contributed by atoms with Crippen LogP contribution in [0.15, 0.2) is 88.0 Å². The second-order valence-electron chi connectivity index (χ2n) is 7.75. The molecular formula is C25H15N5O4S. The molecule has 0 saturated heterocycles. The molecule has 3 heterocycles. The molecule has 6 rings (SSSR count). The maximum atomic E-state index is 12.8. The van der Waals surface area contributed by atoms with Crippen LogP contribution < -0.4 is 20.7 Å². The van der Waals surface area contributed by atoms with Gasteiger partial charge in [-0.15, -0.1) is 10.2 Å². The van der Waals surface area contributed by atoms with Crippen molar-refractivity contribution in [3.8, 4) is 17.3 Å². The second kappa shape index (κ2) is 7.89. The highest BCUT2D eigenvalue weighted by Gasteiger charge is 2.27. The maximum absolute atomic E-state index is 12.8. The van der Waals surface area contributed by atoms with Gasteiger partial charge < -0.3 is 15.5 Å². The van der Waals surface area contributed by atoms with Gasteiger partial charge in [-0.3, -0.25) is 14.2 Å².